The van der Waals surface area contributed by atoms with Crippen LogP contribution in [0.15, 0.2) is 28.9 Å². The molecule has 0 aromatic carbocycles. The zero-order valence-corrected chi connectivity index (χ0v) is 13.2. The Balaban J connectivity index is 2.12. The van der Waals surface area contributed by atoms with Crippen molar-refractivity contribution >= 4 is 34.1 Å². The van der Waals surface area contributed by atoms with Crippen LogP contribution in [0.1, 0.15) is 39.1 Å². The lowest BCUT2D eigenvalue weighted by Crippen LogP contribution is -2.26. The van der Waals surface area contributed by atoms with Gasteiger partial charge in [-0.25, -0.2) is 0 Å². The summed E-state index contributed by atoms with van der Waals surface area (Å²) < 4.78 is 5.02. The number of carboxylic acids is 1. The number of hydrogen-bond acceptors (Lipinski definition) is 5. The fourth-order valence-corrected chi connectivity index (χ4v) is 2.82. The topological polar surface area (TPSA) is 109 Å². The van der Waals surface area contributed by atoms with Gasteiger partial charge in [-0.2, -0.15) is 0 Å². The molecule has 0 fully saturated rings. The van der Waals surface area contributed by atoms with Crippen LogP contribution >= 0.6 is 11.3 Å². The van der Waals surface area contributed by atoms with Crippen LogP contribution in [0.3, 0.4) is 0 Å². The van der Waals surface area contributed by atoms with Gasteiger partial charge >= 0.3 is 5.97 Å². The third-order valence-corrected chi connectivity index (χ3v) is 4.17. The molecule has 0 saturated carbocycles. The first-order valence-corrected chi connectivity index (χ1v) is 7.80. The summed E-state index contributed by atoms with van der Waals surface area (Å²) in [6, 6.07) is 4.81. The molecule has 0 spiro atoms. The number of carbonyl (C=O) groups is 3. The SMILES string of the molecule is CCc1cc(C(=O)NCCC(=O)O)c(NC(=O)c2ccco2)s1. The van der Waals surface area contributed by atoms with Gasteiger partial charge in [0.15, 0.2) is 5.76 Å². The van der Waals surface area contributed by atoms with E-state index >= 15 is 0 Å². The second-order valence-electron chi connectivity index (χ2n) is 4.64. The van der Waals surface area contributed by atoms with Crippen LogP contribution in [-0.4, -0.2) is 29.4 Å². The molecule has 0 bridgehead atoms. The minimum atomic E-state index is -0.990. The summed E-state index contributed by atoms with van der Waals surface area (Å²) in [6.07, 6.45) is 1.95. The van der Waals surface area contributed by atoms with Crippen molar-refractivity contribution in [3.8, 4) is 0 Å². The number of furan rings is 1. The molecule has 23 heavy (non-hydrogen) atoms. The molecule has 2 heterocycles. The van der Waals surface area contributed by atoms with Crippen molar-refractivity contribution in [1.82, 2.24) is 5.32 Å². The maximum Gasteiger partial charge on any atom is 0.305 e. The summed E-state index contributed by atoms with van der Waals surface area (Å²) in [6.45, 7) is 1.97. The van der Waals surface area contributed by atoms with E-state index in [0.717, 1.165) is 11.3 Å². The highest BCUT2D eigenvalue weighted by atomic mass is 32.1. The first kappa shape index (κ1) is 16.8. The Morgan fingerprint density at radius 2 is 2.09 bits per heavy atom. The molecule has 0 atom stereocenters. The van der Waals surface area contributed by atoms with Crippen LogP contribution in [0, 0.1) is 0 Å². The quantitative estimate of drug-likeness (QED) is 0.719. The van der Waals surface area contributed by atoms with Crippen molar-refractivity contribution in [2.75, 3.05) is 11.9 Å². The summed E-state index contributed by atoms with van der Waals surface area (Å²) in [7, 11) is 0. The van der Waals surface area contributed by atoms with Gasteiger partial charge in [-0.15, -0.1) is 11.3 Å². The highest BCUT2D eigenvalue weighted by molar-refractivity contribution is 7.16. The third kappa shape index (κ3) is 4.43. The minimum Gasteiger partial charge on any atom is -0.481 e. The second-order valence-corrected chi connectivity index (χ2v) is 5.78. The summed E-state index contributed by atoms with van der Waals surface area (Å²) >= 11 is 1.30. The second kappa shape index (κ2) is 7.59. The molecule has 0 aliphatic carbocycles. The van der Waals surface area contributed by atoms with Crippen molar-refractivity contribution < 1.29 is 23.9 Å². The van der Waals surface area contributed by atoms with Crippen molar-refractivity contribution in [3.05, 3.63) is 40.7 Å². The Morgan fingerprint density at radius 3 is 2.70 bits per heavy atom. The molecule has 8 heteroatoms. The lowest BCUT2D eigenvalue weighted by molar-refractivity contribution is -0.136. The standard InChI is InChI=1S/C15H16N2O5S/c1-2-9-8-10(13(20)16-6-5-12(18)19)15(23-9)17-14(21)11-4-3-7-22-11/h3-4,7-8H,2,5-6H2,1H3,(H,16,20)(H,17,21)(H,18,19). The van der Waals surface area contributed by atoms with Gasteiger partial charge in [0.2, 0.25) is 0 Å². The summed E-state index contributed by atoms with van der Waals surface area (Å²) in [5.74, 6) is -1.71. The van der Waals surface area contributed by atoms with Gasteiger partial charge < -0.3 is 20.2 Å². The number of carboxylic acid groups (broad SMARTS) is 1. The summed E-state index contributed by atoms with van der Waals surface area (Å²) in [5, 5.41) is 14.2. The minimum absolute atomic E-state index is 0.0248. The number of aryl methyl sites for hydroxylation is 1. The number of nitrogens with one attached hydrogen (secondary N) is 2. The molecule has 7 nitrogen and oxygen atoms in total. The van der Waals surface area contributed by atoms with Gasteiger partial charge in [-0.3, -0.25) is 14.4 Å². The number of amides is 2. The predicted octanol–water partition coefficient (Wildman–Crippen LogP) is 2.36. The first-order chi connectivity index (χ1) is 11.0. The molecule has 0 radical (unpaired) electrons. The number of rotatable bonds is 7. The largest absolute Gasteiger partial charge is 0.481 e. The fourth-order valence-electron chi connectivity index (χ4n) is 1.83. The van der Waals surface area contributed by atoms with E-state index in [1.54, 1.807) is 12.1 Å². The molecule has 0 aliphatic rings. The van der Waals surface area contributed by atoms with Crippen molar-refractivity contribution in [2.45, 2.75) is 19.8 Å². The Morgan fingerprint density at radius 1 is 1.30 bits per heavy atom. The molecule has 0 aliphatic heterocycles. The zero-order chi connectivity index (χ0) is 16.8. The van der Waals surface area contributed by atoms with Gasteiger partial charge in [0.1, 0.15) is 5.00 Å². The van der Waals surface area contributed by atoms with Crippen LogP contribution in [0.5, 0.6) is 0 Å². The maximum atomic E-state index is 12.2. The average molecular weight is 336 g/mol. The van der Waals surface area contributed by atoms with E-state index in [4.69, 9.17) is 9.52 Å². The van der Waals surface area contributed by atoms with Crippen LogP contribution in [0.25, 0.3) is 0 Å². The molecular formula is C15H16N2O5S. The molecule has 2 aromatic rings. The van der Waals surface area contributed by atoms with Gasteiger partial charge in [0.25, 0.3) is 11.8 Å². The van der Waals surface area contributed by atoms with E-state index < -0.39 is 17.8 Å². The van der Waals surface area contributed by atoms with Crippen LogP contribution in [-0.2, 0) is 11.2 Å². The molecule has 2 amide bonds. The molecule has 3 N–H and O–H groups in total. The van der Waals surface area contributed by atoms with Gasteiger partial charge in [-0.1, -0.05) is 6.92 Å². The highest BCUT2D eigenvalue weighted by Gasteiger charge is 2.19. The van der Waals surface area contributed by atoms with E-state index in [9.17, 15) is 14.4 Å². The van der Waals surface area contributed by atoms with Crippen molar-refractivity contribution in [3.63, 3.8) is 0 Å². The predicted molar refractivity (Wildman–Crippen MR) is 84.9 cm³/mol. The third-order valence-electron chi connectivity index (χ3n) is 2.97. The molecule has 2 aromatic heterocycles. The lowest BCUT2D eigenvalue weighted by Gasteiger charge is -2.05. The van der Waals surface area contributed by atoms with E-state index in [1.165, 1.54) is 23.7 Å². The van der Waals surface area contributed by atoms with E-state index in [0.29, 0.717) is 10.6 Å². The number of thiophene rings is 1. The van der Waals surface area contributed by atoms with Gasteiger partial charge in [-0.05, 0) is 24.6 Å². The van der Waals surface area contributed by atoms with Crippen LogP contribution in [0.2, 0.25) is 0 Å². The zero-order valence-electron chi connectivity index (χ0n) is 12.4. The molecular weight excluding hydrogens is 320 g/mol. The average Bonchev–Trinajstić information content (AvgIpc) is 3.16. The van der Waals surface area contributed by atoms with E-state index in [1.807, 2.05) is 6.92 Å². The Bertz CT molecular complexity index is 706. The molecule has 0 unspecified atom stereocenters. The number of aliphatic carboxylic acids is 1. The number of carbonyl (C=O) groups excluding carboxylic acids is 2. The smallest absolute Gasteiger partial charge is 0.305 e. The van der Waals surface area contributed by atoms with Gasteiger partial charge in [0.05, 0.1) is 18.2 Å². The Kier molecular flexibility index (Phi) is 5.53. The normalized spacial score (nSPS) is 10.3. The lowest BCUT2D eigenvalue weighted by atomic mass is 10.2. The highest BCUT2D eigenvalue weighted by Crippen LogP contribution is 2.29. The Labute approximate surface area is 136 Å². The first-order valence-electron chi connectivity index (χ1n) is 6.98. The monoisotopic (exact) mass is 336 g/mol. The molecule has 0 saturated heterocycles. The summed E-state index contributed by atoms with van der Waals surface area (Å²) in [5.41, 5.74) is 0.317. The van der Waals surface area contributed by atoms with E-state index in [2.05, 4.69) is 10.6 Å². The number of hydrogen-bond donors (Lipinski definition) is 3. The van der Waals surface area contributed by atoms with Crippen LogP contribution < -0.4 is 10.6 Å². The molecule has 2 rings (SSSR count). The van der Waals surface area contributed by atoms with Gasteiger partial charge in [0, 0.05) is 11.4 Å². The van der Waals surface area contributed by atoms with Crippen molar-refractivity contribution in [1.29, 1.82) is 0 Å². The van der Waals surface area contributed by atoms with Crippen LogP contribution in [0.4, 0.5) is 5.00 Å². The summed E-state index contributed by atoms with van der Waals surface area (Å²) in [4.78, 5) is 35.6. The maximum absolute atomic E-state index is 12.2. The molecule has 122 valence electrons. The van der Waals surface area contributed by atoms with Crippen molar-refractivity contribution in [2.24, 2.45) is 0 Å². The fraction of sp³-hybridized carbons (Fsp3) is 0.267. The number of anilines is 1. The Hall–Kier alpha value is -2.61. The van der Waals surface area contributed by atoms with E-state index in [-0.39, 0.29) is 18.7 Å².